The summed E-state index contributed by atoms with van der Waals surface area (Å²) in [7, 11) is 0. The maximum absolute atomic E-state index is 4.49. The molecule has 18 heavy (non-hydrogen) atoms. The van der Waals surface area contributed by atoms with Crippen LogP contribution in [0.1, 0.15) is 29.8 Å². The van der Waals surface area contributed by atoms with Crippen LogP contribution in [0.4, 0.5) is 0 Å². The van der Waals surface area contributed by atoms with E-state index < -0.39 is 0 Å². The summed E-state index contributed by atoms with van der Waals surface area (Å²) >= 11 is 0. The Labute approximate surface area is 107 Å². The largest absolute Gasteiger partial charge is 0.310 e. The van der Waals surface area contributed by atoms with Gasteiger partial charge in [-0.25, -0.2) is 0 Å². The highest BCUT2D eigenvalue weighted by Gasteiger charge is 2.19. The van der Waals surface area contributed by atoms with Crippen molar-refractivity contribution in [2.24, 2.45) is 0 Å². The number of nitrogens with one attached hydrogen (secondary N) is 1. The predicted octanol–water partition coefficient (Wildman–Crippen LogP) is 1.89. The number of aryl methyl sites for hydroxylation is 1. The number of hydrogen-bond donors (Lipinski definition) is 1. The minimum atomic E-state index is 0.745. The third-order valence-corrected chi connectivity index (χ3v) is 3.30. The van der Waals surface area contributed by atoms with Gasteiger partial charge in [0, 0.05) is 30.7 Å². The molecule has 0 aromatic carbocycles. The van der Waals surface area contributed by atoms with E-state index in [1.165, 1.54) is 18.4 Å². The molecule has 0 spiro atoms. The standard InChI is InChI=1S/C14H18N4/c1-11-6-7-17-18(11)10-14-3-2-12(9-16-14)8-15-13-4-5-13/h2-3,6-7,9,13,15H,4-5,8,10H2,1H3. The van der Waals surface area contributed by atoms with E-state index in [2.05, 4.69) is 34.5 Å². The zero-order chi connectivity index (χ0) is 12.4. The van der Waals surface area contributed by atoms with Crippen molar-refractivity contribution in [2.75, 3.05) is 0 Å². The van der Waals surface area contributed by atoms with Crippen LogP contribution >= 0.6 is 0 Å². The lowest BCUT2D eigenvalue weighted by Crippen LogP contribution is -2.15. The van der Waals surface area contributed by atoms with Gasteiger partial charge < -0.3 is 5.32 Å². The van der Waals surface area contributed by atoms with Crippen molar-refractivity contribution in [1.82, 2.24) is 20.1 Å². The van der Waals surface area contributed by atoms with Crippen LogP contribution in [-0.2, 0) is 13.1 Å². The third kappa shape index (κ3) is 2.76. The second-order valence-corrected chi connectivity index (χ2v) is 4.94. The van der Waals surface area contributed by atoms with E-state index in [0.29, 0.717) is 0 Å². The molecule has 1 aliphatic rings. The molecule has 94 valence electrons. The van der Waals surface area contributed by atoms with Crippen molar-refractivity contribution < 1.29 is 0 Å². The first-order valence-corrected chi connectivity index (χ1v) is 6.47. The summed E-state index contributed by atoms with van der Waals surface area (Å²) in [4.78, 5) is 4.49. The van der Waals surface area contributed by atoms with E-state index in [9.17, 15) is 0 Å². The van der Waals surface area contributed by atoms with E-state index in [4.69, 9.17) is 0 Å². The van der Waals surface area contributed by atoms with Gasteiger partial charge in [-0.2, -0.15) is 5.10 Å². The molecule has 2 aromatic rings. The fourth-order valence-corrected chi connectivity index (χ4v) is 1.92. The van der Waals surface area contributed by atoms with Crippen LogP contribution in [0.5, 0.6) is 0 Å². The lowest BCUT2D eigenvalue weighted by molar-refractivity contribution is 0.649. The minimum absolute atomic E-state index is 0.745. The molecule has 1 N–H and O–H groups in total. The number of nitrogens with zero attached hydrogens (tertiary/aromatic N) is 3. The first-order chi connectivity index (χ1) is 8.81. The van der Waals surface area contributed by atoms with Crippen molar-refractivity contribution in [3.8, 4) is 0 Å². The summed E-state index contributed by atoms with van der Waals surface area (Å²) in [6.07, 6.45) is 6.43. The van der Waals surface area contributed by atoms with Gasteiger partial charge in [0.15, 0.2) is 0 Å². The van der Waals surface area contributed by atoms with Gasteiger partial charge in [0.1, 0.15) is 0 Å². The summed E-state index contributed by atoms with van der Waals surface area (Å²) in [6, 6.07) is 6.99. The molecule has 4 nitrogen and oxygen atoms in total. The normalized spacial score (nSPS) is 14.9. The molecule has 2 heterocycles. The molecule has 0 saturated heterocycles. The molecule has 0 amide bonds. The van der Waals surface area contributed by atoms with Crippen molar-refractivity contribution in [1.29, 1.82) is 0 Å². The first-order valence-electron chi connectivity index (χ1n) is 6.47. The second kappa shape index (κ2) is 4.90. The second-order valence-electron chi connectivity index (χ2n) is 4.94. The van der Waals surface area contributed by atoms with Crippen molar-refractivity contribution in [3.05, 3.63) is 47.5 Å². The minimum Gasteiger partial charge on any atom is -0.310 e. The van der Waals surface area contributed by atoms with Crippen LogP contribution in [0, 0.1) is 6.92 Å². The van der Waals surface area contributed by atoms with Gasteiger partial charge in [-0.3, -0.25) is 9.67 Å². The Morgan fingerprint density at radius 2 is 2.22 bits per heavy atom. The zero-order valence-electron chi connectivity index (χ0n) is 10.6. The van der Waals surface area contributed by atoms with Gasteiger partial charge in [-0.05, 0) is 37.5 Å². The highest BCUT2D eigenvalue weighted by atomic mass is 15.3. The number of rotatable bonds is 5. The third-order valence-electron chi connectivity index (χ3n) is 3.30. The van der Waals surface area contributed by atoms with Gasteiger partial charge in [-0.15, -0.1) is 0 Å². The number of pyridine rings is 1. The lowest BCUT2D eigenvalue weighted by Gasteiger charge is -2.06. The van der Waals surface area contributed by atoms with Crippen LogP contribution in [0.3, 0.4) is 0 Å². The van der Waals surface area contributed by atoms with E-state index >= 15 is 0 Å². The first kappa shape index (κ1) is 11.4. The molecule has 1 saturated carbocycles. The van der Waals surface area contributed by atoms with Crippen LogP contribution in [0.2, 0.25) is 0 Å². The molecular weight excluding hydrogens is 224 g/mol. The topological polar surface area (TPSA) is 42.7 Å². The Bertz CT molecular complexity index is 511. The molecule has 0 atom stereocenters. The summed E-state index contributed by atoms with van der Waals surface area (Å²) in [6.45, 7) is 3.73. The molecule has 1 aliphatic carbocycles. The number of hydrogen-bond acceptors (Lipinski definition) is 3. The van der Waals surface area contributed by atoms with Crippen LogP contribution in [-0.4, -0.2) is 20.8 Å². The van der Waals surface area contributed by atoms with Crippen molar-refractivity contribution >= 4 is 0 Å². The van der Waals surface area contributed by atoms with Crippen molar-refractivity contribution in [3.63, 3.8) is 0 Å². The highest BCUT2D eigenvalue weighted by Crippen LogP contribution is 2.19. The SMILES string of the molecule is Cc1ccnn1Cc1ccc(CNC2CC2)cn1. The smallest absolute Gasteiger partial charge is 0.0834 e. The van der Waals surface area contributed by atoms with Gasteiger partial charge in [-0.1, -0.05) is 6.07 Å². The fraction of sp³-hybridized carbons (Fsp3) is 0.429. The summed E-state index contributed by atoms with van der Waals surface area (Å²) in [5, 5.41) is 7.76. The average molecular weight is 242 g/mol. The molecule has 4 heteroatoms. The molecule has 3 rings (SSSR count). The Balaban J connectivity index is 1.61. The van der Waals surface area contributed by atoms with Gasteiger partial charge >= 0.3 is 0 Å². The van der Waals surface area contributed by atoms with E-state index in [0.717, 1.165) is 30.5 Å². The van der Waals surface area contributed by atoms with Gasteiger partial charge in [0.2, 0.25) is 0 Å². The van der Waals surface area contributed by atoms with E-state index in [1.807, 2.05) is 23.1 Å². The Morgan fingerprint density at radius 1 is 1.33 bits per heavy atom. The summed E-state index contributed by atoms with van der Waals surface area (Å²) < 4.78 is 1.96. The summed E-state index contributed by atoms with van der Waals surface area (Å²) in [5.74, 6) is 0. The monoisotopic (exact) mass is 242 g/mol. The Kier molecular flexibility index (Phi) is 3.11. The van der Waals surface area contributed by atoms with Crippen LogP contribution < -0.4 is 5.32 Å². The Morgan fingerprint density at radius 3 is 2.83 bits per heavy atom. The molecule has 0 radical (unpaired) electrons. The number of aromatic nitrogens is 3. The van der Waals surface area contributed by atoms with Crippen LogP contribution in [0.25, 0.3) is 0 Å². The molecular formula is C14H18N4. The maximum Gasteiger partial charge on any atom is 0.0834 e. The predicted molar refractivity (Wildman–Crippen MR) is 70.2 cm³/mol. The van der Waals surface area contributed by atoms with E-state index in [-0.39, 0.29) is 0 Å². The van der Waals surface area contributed by atoms with E-state index in [1.54, 1.807) is 0 Å². The zero-order valence-corrected chi connectivity index (χ0v) is 10.6. The maximum atomic E-state index is 4.49. The van der Waals surface area contributed by atoms with Crippen LogP contribution in [0.15, 0.2) is 30.6 Å². The molecule has 0 bridgehead atoms. The van der Waals surface area contributed by atoms with Gasteiger partial charge in [0.25, 0.3) is 0 Å². The molecule has 0 aliphatic heterocycles. The lowest BCUT2D eigenvalue weighted by atomic mass is 10.2. The highest BCUT2D eigenvalue weighted by molar-refractivity contribution is 5.15. The fourth-order valence-electron chi connectivity index (χ4n) is 1.92. The summed E-state index contributed by atoms with van der Waals surface area (Å²) in [5.41, 5.74) is 3.47. The Hall–Kier alpha value is -1.68. The van der Waals surface area contributed by atoms with Gasteiger partial charge in [0.05, 0.1) is 12.2 Å². The van der Waals surface area contributed by atoms with Crippen molar-refractivity contribution in [2.45, 2.75) is 38.9 Å². The molecule has 1 fully saturated rings. The molecule has 0 unspecified atom stereocenters. The average Bonchev–Trinajstić information content (AvgIpc) is 3.13. The quantitative estimate of drug-likeness (QED) is 0.870. The molecule has 2 aromatic heterocycles.